The van der Waals surface area contributed by atoms with Crippen molar-refractivity contribution in [2.75, 3.05) is 33.4 Å². The summed E-state index contributed by atoms with van der Waals surface area (Å²) in [6, 6.07) is 0. The van der Waals surface area contributed by atoms with Crippen LogP contribution in [0.5, 0.6) is 0 Å². The highest BCUT2D eigenvalue weighted by molar-refractivity contribution is 5.02. The molecule has 0 saturated carbocycles. The van der Waals surface area contributed by atoms with Crippen molar-refractivity contribution in [2.45, 2.75) is 13.8 Å². The molecule has 0 N–H and O–H groups in total. The molecule has 0 atom stereocenters. The monoisotopic (exact) mass is 171 g/mol. The first-order valence-corrected chi connectivity index (χ1v) is 4.30. The van der Waals surface area contributed by atoms with Gasteiger partial charge in [-0.15, -0.1) is 0 Å². The van der Waals surface area contributed by atoms with Crippen molar-refractivity contribution in [1.29, 1.82) is 0 Å². The summed E-state index contributed by atoms with van der Waals surface area (Å²) >= 11 is 0. The Morgan fingerprint density at radius 3 is 2.33 bits per heavy atom. The maximum atomic E-state index is 5.26. The van der Waals surface area contributed by atoms with E-state index < -0.39 is 0 Å². The third-order valence-corrected chi connectivity index (χ3v) is 2.30. The lowest BCUT2D eigenvalue weighted by atomic mass is 10.3. The molecule has 1 saturated heterocycles. The average molecular weight is 171 g/mol. The number of hydrogen-bond acceptors (Lipinski definition) is 3. The van der Waals surface area contributed by atoms with Gasteiger partial charge < -0.3 is 14.4 Å². The van der Waals surface area contributed by atoms with E-state index in [0.717, 1.165) is 32.1 Å². The zero-order chi connectivity index (χ0) is 8.97. The number of morpholine rings is 1. The van der Waals surface area contributed by atoms with E-state index in [4.69, 9.17) is 9.47 Å². The molecule has 1 aliphatic rings. The minimum Gasteiger partial charge on any atom is -0.500 e. The van der Waals surface area contributed by atoms with Crippen molar-refractivity contribution >= 4 is 0 Å². The van der Waals surface area contributed by atoms with E-state index >= 15 is 0 Å². The van der Waals surface area contributed by atoms with Gasteiger partial charge in [-0.05, 0) is 13.8 Å². The van der Waals surface area contributed by atoms with Gasteiger partial charge in [-0.1, -0.05) is 0 Å². The summed E-state index contributed by atoms with van der Waals surface area (Å²) in [5, 5.41) is 0. The van der Waals surface area contributed by atoms with Crippen LogP contribution in [0.3, 0.4) is 0 Å². The van der Waals surface area contributed by atoms with Gasteiger partial charge in [0.05, 0.1) is 20.3 Å². The molecule has 0 bridgehead atoms. The number of ether oxygens (including phenoxy) is 2. The third kappa shape index (κ3) is 2.14. The minimum absolute atomic E-state index is 0.828. The topological polar surface area (TPSA) is 21.7 Å². The predicted molar refractivity (Wildman–Crippen MR) is 47.8 cm³/mol. The van der Waals surface area contributed by atoms with Crippen molar-refractivity contribution in [1.82, 2.24) is 4.90 Å². The highest BCUT2D eigenvalue weighted by Gasteiger charge is 2.12. The number of methoxy groups -OCH3 is 1. The molecule has 0 aliphatic carbocycles. The van der Waals surface area contributed by atoms with Gasteiger partial charge in [-0.25, -0.2) is 0 Å². The van der Waals surface area contributed by atoms with Crippen LogP contribution >= 0.6 is 0 Å². The molecule has 3 heteroatoms. The Hall–Kier alpha value is -0.700. The first-order valence-electron chi connectivity index (χ1n) is 4.30. The number of rotatable bonds is 2. The number of nitrogens with zero attached hydrogens (tertiary/aromatic N) is 1. The molecular weight excluding hydrogens is 154 g/mol. The Labute approximate surface area is 74.0 Å². The van der Waals surface area contributed by atoms with Crippen LogP contribution in [-0.4, -0.2) is 38.3 Å². The van der Waals surface area contributed by atoms with Gasteiger partial charge in [0.25, 0.3) is 0 Å². The standard InChI is InChI=1S/C9H17NO2/c1-8(9(2)11-3)10-4-6-12-7-5-10/h4-7H2,1-3H3/b9-8-. The molecule has 0 spiro atoms. The Kier molecular flexibility index (Phi) is 3.41. The van der Waals surface area contributed by atoms with Crippen LogP contribution in [0.15, 0.2) is 11.5 Å². The molecule has 0 aromatic heterocycles. The summed E-state index contributed by atoms with van der Waals surface area (Å²) < 4.78 is 10.4. The van der Waals surface area contributed by atoms with Crippen LogP contribution in [0.1, 0.15) is 13.8 Å². The lowest BCUT2D eigenvalue weighted by Gasteiger charge is -2.30. The van der Waals surface area contributed by atoms with Crippen LogP contribution < -0.4 is 0 Å². The predicted octanol–water partition coefficient (Wildman–Crippen LogP) is 1.22. The molecule has 0 aromatic rings. The Balaban J connectivity index is 2.55. The van der Waals surface area contributed by atoms with E-state index in [9.17, 15) is 0 Å². The van der Waals surface area contributed by atoms with Crippen molar-refractivity contribution in [3.63, 3.8) is 0 Å². The van der Waals surface area contributed by atoms with E-state index in [1.165, 1.54) is 5.70 Å². The summed E-state index contributed by atoms with van der Waals surface area (Å²) in [6.07, 6.45) is 0. The highest BCUT2D eigenvalue weighted by atomic mass is 16.5. The van der Waals surface area contributed by atoms with Gasteiger partial charge in [-0.2, -0.15) is 0 Å². The molecule has 3 nitrogen and oxygen atoms in total. The summed E-state index contributed by atoms with van der Waals surface area (Å²) in [6.45, 7) is 7.69. The smallest absolute Gasteiger partial charge is 0.111 e. The second-order valence-corrected chi connectivity index (χ2v) is 2.95. The summed E-state index contributed by atoms with van der Waals surface area (Å²) in [4.78, 5) is 2.29. The number of hydrogen-bond donors (Lipinski definition) is 0. The maximum absolute atomic E-state index is 5.26. The molecule has 0 radical (unpaired) electrons. The van der Waals surface area contributed by atoms with Gasteiger partial charge in [0, 0.05) is 18.8 Å². The molecule has 1 fully saturated rings. The summed E-state index contributed by atoms with van der Waals surface area (Å²) in [7, 11) is 1.71. The van der Waals surface area contributed by atoms with Crippen LogP contribution in [0.4, 0.5) is 0 Å². The normalized spacial score (nSPS) is 20.4. The van der Waals surface area contributed by atoms with E-state index in [1.807, 2.05) is 6.92 Å². The highest BCUT2D eigenvalue weighted by Crippen LogP contribution is 2.11. The van der Waals surface area contributed by atoms with Gasteiger partial charge in [0.2, 0.25) is 0 Å². The molecule has 1 rings (SSSR count). The summed E-state index contributed by atoms with van der Waals surface area (Å²) in [5.41, 5.74) is 1.22. The summed E-state index contributed by atoms with van der Waals surface area (Å²) in [5.74, 6) is 0.997. The zero-order valence-electron chi connectivity index (χ0n) is 8.09. The van der Waals surface area contributed by atoms with Crippen molar-refractivity contribution in [3.05, 3.63) is 11.5 Å². The minimum atomic E-state index is 0.828. The van der Waals surface area contributed by atoms with Gasteiger partial charge in [0.1, 0.15) is 5.76 Å². The number of allylic oxidation sites excluding steroid dienone is 2. The van der Waals surface area contributed by atoms with Gasteiger partial charge in [0.15, 0.2) is 0 Å². The molecule has 0 unspecified atom stereocenters. The molecule has 1 heterocycles. The second-order valence-electron chi connectivity index (χ2n) is 2.95. The molecule has 70 valence electrons. The van der Waals surface area contributed by atoms with Gasteiger partial charge in [-0.3, -0.25) is 0 Å². The Morgan fingerprint density at radius 1 is 1.25 bits per heavy atom. The second kappa shape index (κ2) is 4.36. The third-order valence-electron chi connectivity index (χ3n) is 2.30. The van der Waals surface area contributed by atoms with Crippen LogP contribution in [0.2, 0.25) is 0 Å². The zero-order valence-corrected chi connectivity index (χ0v) is 8.09. The van der Waals surface area contributed by atoms with E-state index in [-0.39, 0.29) is 0 Å². The van der Waals surface area contributed by atoms with Gasteiger partial charge >= 0.3 is 0 Å². The quantitative estimate of drug-likeness (QED) is 0.583. The Bertz CT molecular complexity index is 171. The molecule has 0 amide bonds. The lowest BCUT2D eigenvalue weighted by Crippen LogP contribution is -2.35. The van der Waals surface area contributed by atoms with E-state index in [2.05, 4.69) is 11.8 Å². The first kappa shape index (κ1) is 9.39. The van der Waals surface area contributed by atoms with Crippen LogP contribution in [-0.2, 0) is 9.47 Å². The fourth-order valence-corrected chi connectivity index (χ4v) is 1.27. The Morgan fingerprint density at radius 2 is 1.83 bits per heavy atom. The average Bonchev–Trinajstić information content (AvgIpc) is 2.17. The molecule has 0 aromatic carbocycles. The molecule has 12 heavy (non-hydrogen) atoms. The fraction of sp³-hybridized carbons (Fsp3) is 0.778. The van der Waals surface area contributed by atoms with E-state index in [1.54, 1.807) is 7.11 Å². The van der Waals surface area contributed by atoms with Crippen molar-refractivity contribution in [3.8, 4) is 0 Å². The van der Waals surface area contributed by atoms with Crippen LogP contribution in [0, 0.1) is 0 Å². The first-order chi connectivity index (χ1) is 5.75. The van der Waals surface area contributed by atoms with E-state index in [0.29, 0.717) is 0 Å². The van der Waals surface area contributed by atoms with Crippen molar-refractivity contribution < 1.29 is 9.47 Å². The van der Waals surface area contributed by atoms with Crippen LogP contribution in [0.25, 0.3) is 0 Å². The van der Waals surface area contributed by atoms with Crippen molar-refractivity contribution in [2.24, 2.45) is 0 Å². The SMILES string of the molecule is CO/C(C)=C(/C)N1CCOCC1. The maximum Gasteiger partial charge on any atom is 0.111 e. The lowest BCUT2D eigenvalue weighted by molar-refractivity contribution is 0.0509. The molecular formula is C9H17NO2. The fourth-order valence-electron chi connectivity index (χ4n) is 1.27. The largest absolute Gasteiger partial charge is 0.500 e. The molecule has 1 aliphatic heterocycles.